The van der Waals surface area contributed by atoms with E-state index in [9.17, 15) is 15.0 Å². The molecule has 3 N–H and O–H groups in total. The second kappa shape index (κ2) is 8.00. The third-order valence-electron chi connectivity index (χ3n) is 3.77. The zero-order valence-corrected chi connectivity index (χ0v) is 12.2. The van der Waals surface area contributed by atoms with E-state index in [1.54, 1.807) is 0 Å². The maximum absolute atomic E-state index is 11.9. The average molecular weight is 293 g/mol. The van der Waals surface area contributed by atoms with E-state index < -0.39 is 0 Å². The molecule has 2 rings (SSSR count). The molecule has 1 aliphatic rings. The molecule has 1 aliphatic carbocycles. The predicted octanol–water partition coefficient (Wildman–Crippen LogP) is 2.22. The first-order chi connectivity index (χ1) is 10.2. The number of Topliss-reactive ketones (excluding diaryl/α,β-unsaturated/α-hetero) is 1. The van der Waals surface area contributed by atoms with Crippen LogP contribution in [0.5, 0.6) is 11.5 Å². The number of carbonyl (C=O) groups is 1. The molecule has 0 bridgehead atoms. The SMILES string of the molecule is O=C(CNCCOC1CCCCC1)c1ccc(O)c(O)c1. The van der Waals surface area contributed by atoms with Gasteiger partial charge in [-0.05, 0) is 31.0 Å². The maximum Gasteiger partial charge on any atom is 0.176 e. The first-order valence-corrected chi connectivity index (χ1v) is 7.54. The molecule has 0 radical (unpaired) electrons. The van der Waals surface area contributed by atoms with Crippen molar-refractivity contribution in [3.63, 3.8) is 0 Å². The van der Waals surface area contributed by atoms with Crippen molar-refractivity contribution >= 4 is 5.78 Å². The van der Waals surface area contributed by atoms with Gasteiger partial charge in [0.15, 0.2) is 17.3 Å². The van der Waals surface area contributed by atoms with Crippen LogP contribution in [-0.2, 0) is 4.74 Å². The van der Waals surface area contributed by atoms with Gasteiger partial charge in [0.2, 0.25) is 0 Å². The van der Waals surface area contributed by atoms with Gasteiger partial charge in [0.25, 0.3) is 0 Å². The zero-order valence-electron chi connectivity index (χ0n) is 12.2. The summed E-state index contributed by atoms with van der Waals surface area (Å²) in [4.78, 5) is 11.9. The van der Waals surface area contributed by atoms with E-state index in [1.165, 1.54) is 37.5 Å². The molecule has 1 saturated carbocycles. The summed E-state index contributed by atoms with van der Waals surface area (Å²) in [5.41, 5.74) is 0.381. The van der Waals surface area contributed by atoms with Crippen LogP contribution in [0.15, 0.2) is 18.2 Å². The van der Waals surface area contributed by atoms with Gasteiger partial charge in [-0.2, -0.15) is 0 Å². The standard InChI is InChI=1S/C16H23NO4/c18-14-7-6-12(10-15(14)19)16(20)11-17-8-9-21-13-4-2-1-3-5-13/h6-7,10,13,17-19H,1-5,8-9,11H2. The van der Waals surface area contributed by atoms with Crippen molar-refractivity contribution in [2.45, 2.75) is 38.2 Å². The lowest BCUT2D eigenvalue weighted by molar-refractivity contribution is 0.0304. The molecule has 21 heavy (non-hydrogen) atoms. The highest BCUT2D eigenvalue weighted by Crippen LogP contribution is 2.24. The molecule has 1 aromatic rings. The number of benzene rings is 1. The van der Waals surface area contributed by atoms with E-state index in [0.29, 0.717) is 24.8 Å². The van der Waals surface area contributed by atoms with Crippen molar-refractivity contribution in [2.75, 3.05) is 19.7 Å². The van der Waals surface area contributed by atoms with Crippen LogP contribution < -0.4 is 5.32 Å². The lowest BCUT2D eigenvalue weighted by atomic mass is 9.98. The van der Waals surface area contributed by atoms with Crippen molar-refractivity contribution in [3.8, 4) is 11.5 Å². The smallest absolute Gasteiger partial charge is 0.176 e. The number of carbonyl (C=O) groups excluding carboxylic acids is 1. The summed E-state index contributed by atoms with van der Waals surface area (Å²) in [6.45, 7) is 1.43. The summed E-state index contributed by atoms with van der Waals surface area (Å²) in [6, 6.07) is 4.09. The summed E-state index contributed by atoms with van der Waals surface area (Å²) in [7, 11) is 0. The van der Waals surface area contributed by atoms with Crippen LogP contribution in [0.2, 0.25) is 0 Å². The predicted molar refractivity (Wildman–Crippen MR) is 79.8 cm³/mol. The molecular weight excluding hydrogens is 270 g/mol. The molecule has 0 aliphatic heterocycles. The van der Waals surface area contributed by atoms with E-state index >= 15 is 0 Å². The van der Waals surface area contributed by atoms with Crippen molar-refractivity contribution in [2.24, 2.45) is 0 Å². The Kier molecular flexibility index (Phi) is 6.02. The minimum absolute atomic E-state index is 0.122. The number of phenols is 2. The molecule has 0 aromatic heterocycles. The summed E-state index contributed by atoms with van der Waals surface area (Å²) < 4.78 is 5.76. The molecule has 5 heteroatoms. The van der Waals surface area contributed by atoms with Crippen LogP contribution in [0.1, 0.15) is 42.5 Å². The highest BCUT2D eigenvalue weighted by Gasteiger charge is 2.13. The lowest BCUT2D eigenvalue weighted by Gasteiger charge is -2.21. The van der Waals surface area contributed by atoms with E-state index in [2.05, 4.69) is 5.32 Å². The number of aromatic hydroxyl groups is 2. The van der Waals surface area contributed by atoms with E-state index in [1.807, 2.05) is 0 Å². The first kappa shape index (κ1) is 15.8. The third kappa shape index (κ3) is 5.02. The third-order valence-corrected chi connectivity index (χ3v) is 3.77. The van der Waals surface area contributed by atoms with E-state index in [0.717, 1.165) is 12.8 Å². The van der Waals surface area contributed by atoms with Crippen molar-refractivity contribution < 1.29 is 19.7 Å². The Balaban J connectivity index is 1.63. The van der Waals surface area contributed by atoms with E-state index in [-0.39, 0.29) is 23.8 Å². The number of nitrogens with one attached hydrogen (secondary N) is 1. The Morgan fingerprint density at radius 2 is 1.95 bits per heavy atom. The van der Waals surface area contributed by atoms with Gasteiger partial charge in [0.1, 0.15) is 0 Å². The molecule has 116 valence electrons. The highest BCUT2D eigenvalue weighted by atomic mass is 16.5. The average Bonchev–Trinajstić information content (AvgIpc) is 2.50. The number of hydrogen-bond donors (Lipinski definition) is 3. The van der Waals surface area contributed by atoms with Crippen LogP contribution in [-0.4, -0.2) is 41.8 Å². The number of hydrogen-bond acceptors (Lipinski definition) is 5. The van der Waals surface area contributed by atoms with Crippen LogP contribution in [0.4, 0.5) is 0 Å². The Labute approximate surface area is 124 Å². The second-order valence-electron chi connectivity index (χ2n) is 5.43. The van der Waals surface area contributed by atoms with Crippen molar-refractivity contribution in [1.29, 1.82) is 0 Å². The number of ether oxygens (including phenoxy) is 1. The van der Waals surface area contributed by atoms with Gasteiger partial charge < -0.3 is 20.3 Å². The van der Waals surface area contributed by atoms with Crippen molar-refractivity contribution in [1.82, 2.24) is 5.32 Å². The fourth-order valence-corrected chi connectivity index (χ4v) is 2.53. The molecule has 1 fully saturated rings. The molecular formula is C16H23NO4. The molecule has 0 saturated heterocycles. The molecule has 0 unspecified atom stereocenters. The van der Waals surface area contributed by atoms with Gasteiger partial charge in [-0.15, -0.1) is 0 Å². The molecule has 1 aromatic carbocycles. The largest absolute Gasteiger partial charge is 0.504 e. The molecule has 0 spiro atoms. The van der Waals surface area contributed by atoms with Gasteiger partial charge in [0.05, 0.1) is 19.3 Å². The fraction of sp³-hybridized carbons (Fsp3) is 0.562. The van der Waals surface area contributed by atoms with E-state index in [4.69, 9.17) is 4.74 Å². The minimum Gasteiger partial charge on any atom is -0.504 e. The molecule has 5 nitrogen and oxygen atoms in total. The number of ketones is 1. The Morgan fingerprint density at radius 1 is 1.19 bits per heavy atom. The molecule has 0 atom stereocenters. The Bertz CT molecular complexity index is 469. The second-order valence-corrected chi connectivity index (χ2v) is 5.43. The van der Waals surface area contributed by atoms with Crippen LogP contribution in [0.3, 0.4) is 0 Å². The van der Waals surface area contributed by atoms with Gasteiger partial charge in [0, 0.05) is 12.1 Å². The van der Waals surface area contributed by atoms with Gasteiger partial charge in [-0.25, -0.2) is 0 Å². The summed E-state index contributed by atoms with van der Waals surface area (Å²) in [5, 5.41) is 21.6. The summed E-state index contributed by atoms with van der Waals surface area (Å²) >= 11 is 0. The fourth-order valence-electron chi connectivity index (χ4n) is 2.53. The molecule has 0 amide bonds. The maximum atomic E-state index is 11.9. The normalized spacial score (nSPS) is 16.0. The van der Waals surface area contributed by atoms with Crippen LogP contribution in [0, 0.1) is 0 Å². The van der Waals surface area contributed by atoms with Crippen molar-refractivity contribution in [3.05, 3.63) is 23.8 Å². The lowest BCUT2D eigenvalue weighted by Crippen LogP contribution is -2.28. The quantitative estimate of drug-likeness (QED) is 0.408. The number of rotatable bonds is 7. The van der Waals surface area contributed by atoms with Gasteiger partial charge in [-0.3, -0.25) is 4.79 Å². The Hall–Kier alpha value is -1.59. The monoisotopic (exact) mass is 293 g/mol. The van der Waals surface area contributed by atoms with Crippen LogP contribution >= 0.6 is 0 Å². The number of phenolic OH excluding ortho intramolecular Hbond substituents is 2. The zero-order chi connectivity index (χ0) is 15.1. The highest BCUT2D eigenvalue weighted by molar-refractivity contribution is 5.98. The topological polar surface area (TPSA) is 78.8 Å². The summed E-state index contributed by atoms with van der Waals surface area (Å²) in [5.74, 6) is -0.621. The molecule has 0 heterocycles. The van der Waals surface area contributed by atoms with Crippen LogP contribution in [0.25, 0.3) is 0 Å². The van der Waals surface area contributed by atoms with Gasteiger partial charge in [-0.1, -0.05) is 19.3 Å². The Morgan fingerprint density at radius 3 is 2.67 bits per heavy atom. The minimum atomic E-state index is -0.276. The van der Waals surface area contributed by atoms with Gasteiger partial charge >= 0.3 is 0 Å². The summed E-state index contributed by atoms with van der Waals surface area (Å²) in [6.07, 6.45) is 6.48. The first-order valence-electron chi connectivity index (χ1n) is 7.54.